The zero-order valence-corrected chi connectivity index (χ0v) is 21.3. The minimum atomic E-state index is -0.249. The lowest BCUT2D eigenvalue weighted by molar-refractivity contribution is -0.193. The average Bonchev–Trinajstić information content (AvgIpc) is 2.82. The molecule has 0 aromatic heterocycles. The Morgan fingerprint density at radius 3 is 2.76 bits per heavy atom. The molecule has 0 bridgehead atoms. The molecule has 1 aliphatic heterocycles. The van der Waals surface area contributed by atoms with E-state index in [0.29, 0.717) is 31.4 Å². The Bertz CT molecular complexity index is 1120. The van der Waals surface area contributed by atoms with Crippen molar-refractivity contribution in [3.63, 3.8) is 0 Å². The quantitative estimate of drug-likeness (QED) is 0.288. The molecule has 0 N–H and O–H groups in total. The van der Waals surface area contributed by atoms with Crippen molar-refractivity contribution >= 4 is 33.5 Å². The summed E-state index contributed by atoms with van der Waals surface area (Å²) < 4.78 is 12.3. The summed E-state index contributed by atoms with van der Waals surface area (Å²) in [5, 5.41) is 2.74. The van der Waals surface area contributed by atoms with Crippen molar-refractivity contribution in [3.05, 3.63) is 92.9 Å². The number of carbonyl (C=O) groups excluding carboxylic acids is 1. The lowest BCUT2D eigenvalue weighted by atomic mass is 9.95. The topological polar surface area (TPSA) is 48.0 Å². The summed E-state index contributed by atoms with van der Waals surface area (Å²) in [6.07, 6.45) is 1.18. The van der Waals surface area contributed by atoms with Crippen LogP contribution in [0.3, 0.4) is 0 Å². The van der Waals surface area contributed by atoms with Crippen molar-refractivity contribution in [3.8, 4) is 11.5 Å². The molecule has 5 nitrogen and oxygen atoms in total. The number of esters is 1. The van der Waals surface area contributed by atoms with Crippen LogP contribution in [0.4, 0.5) is 0 Å². The van der Waals surface area contributed by atoms with Crippen LogP contribution in [0.25, 0.3) is 0 Å². The Morgan fingerprint density at radius 1 is 1.15 bits per heavy atom. The normalized spacial score (nSPS) is 16.3. The maximum absolute atomic E-state index is 11.8. The van der Waals surface area contributed by atoms with Gasteiger partial charge in [-0.25, -0.2) is 0 Å². The number of hydrogen-bond donors (Lipinski definition) is 0. The number of benzene rings is 3. The summed E-state index contributed by atoms with van der Waals surface area (Å²) in [5.41, 5.74) is 3.11. The Morgan fingerprint density at radius 2 is 1.97 bits per heavy atom. The molecule has 1 heterocycles. The molecule has 1 fully saturated rings. The van der Waals surface area contributed by atoms with Crippen LogP contribution in [-0.2, 0) is 27.3 Å². The highest BCUT2D eigenvalue weighted by Gasteiger charge is 2.23. The first kappa shape index (κ1) is 24.7. The van der Waals surface area contributed by atoms with Crippen LogP contribution in [0.1, 0.15) is 36.0 Å². The van der Waals surface area contributed by atoms with Crippen LogP contribution in [0.15, 0.2) is 71.2 Å². The maximum Gasteiger partial charge on any atom is 0.310 e. The number of hydroxylamine groups is 2. The first-order valence-electron chi connectivity index (χ1n) is 11.3. The molecular formula is C27H27BrClNO4. The fraction of sp³-hybridized carbons (Fsp3) is 0.296. The smallest absolute Gasteiger partial charge is 0.310 e. The van der Waals surface area contributed by atoms with E-state index in [2.05, 4.69) is 28.1 Å². The maximum atomic E-state index is 11.8. The highest BCUT2D eigenvalue weighted by molar-refractivity contribution is 9.10. The molecular weight excluding hydrogens is 518 g/mol. The van der Waals surface area contributed by atoms with E-state index in [0.717, 1.165) is 39.3 Å². The molecule has 0 saturated carbocycles. The minimum Gasteiger partial charge on any atom is -0.466 e. The van der Waals surface area contributed by atoms with Crippen molar-refractivity contribution in [2.24, 2.45) is 0 Å². The van der Waals surface area contributed by atoms with E-state index in [9.17, 15) is 4.79 Å². The molecule has 178 valence electrons. The van der Waals surface area contributed by atoms with Gasteiger partial charge in [-0.2, -0.15) is 5.06 Å². The third-order valence-corrected chi connectivity index (χ3v) is 6.40. The summed E-state index contributed by atoms with van der Waals surface area (Å²) in [6, 6.07) is 21.5. The van der Waals surface area contributed by atoms with Crippen LogP contribution < -0.4 is 4.74 Å². The number of nitrogens with zero attached hydrogens (tertiary/aromatic N) is 1. The lowest BCUT2D eigenvalue weighted by Crippen LogP contribution is -2.34. The second-order valence-corrected chi connectivity index (χ2v) is 9.53. The van der Waals surface area contributed by atoms with Gasteiger partial charge in [0.15, 0.2) is 0 Å². The van der Waals surface area contributed by atoms with Gasteiger partial charge in [-0.15, -0.1) is 0 Å². The number of halogens is 2. The summed E-state index contributed by atoms with van der Waals surface area (Å²) in [4.78, 5) is 17.8. The third-order valence-electron chi connectivity index (χ3n) is 5.65. The molecule has 0 radical (unpaired) electrons. The second-order valence-electron chi connectivity index (χ2n) is 8.18. The molecule has 1 atom stereocenters. The van der Waals surface area contributed by atoms with Gasteiger partial charge in [0, 0.05) is 27.5 Å². The SMILES string of the molecule is CCOC(=O)Cc1cccc(Oc2ccc(Br)cc2CN2CC(c3ccc(Cl)cc3)CCO2)c1. The third kappa shape index (κ3) is 6.83. The fourth-order valence-electron chi connectivity index (χ4n) is 4.02. The zero-order valence-electron chi connectivity index (χ0n) is 19.0. The van der Waals surface area contributed by atoms with Gasteiger partial charge in [-0.3, -0.25) is 9.63 Å². The van der Waals surface area contributed by atoms with Crippen molar-refractivity contribution in [1.29, 1.82) is 0 Å². The molecule has 3 aromatic carbocycles. The Balaban J connectivity index is 1.47. The van der Waals surface area contributed by atoms with E-state index in [4.69, 9.17) is 25.9 Å². The van der Waals surface area contributed by atoms with Crippen LogP contribution in [-0.4, -0.2) is 30.8 Å². The van der Waals surface area contributed by atoms with E-state index in [1.54, 1.807) is 6.92 Å². The number of carbonyl (C=O) groups is 1. The van der Waals surface area contributed by atoms with Gasteiger partial charge in [-0.1, -0.05) is 51.8 Å². The molecule has 1 unspecified atom stereocenters. The molecule has 7 heteroatoms. The van der Waals surface area contributed by atoms with Gasteiger partial charge in [0.25, 0.3) is 0 Å². The number of ether oxygens (including phenoxy) is 2. The van der Waals surface area contributed by atoms with E-state index in [1.165, 1.54) is 5.56 Å². The lowest BCUT2D eigenvalue weighted by Gasteiger charge is -2.32. The van der Waals surface area contributed by atoms with Gasteiger partial charge in [-0.05, 0) is 66.9 Å². The van der Waals surface area contributed by atoms with Crippen LogP contribution in [0.5, 0.6) is 11.5 Å². The van der Waals surface area contributed by atoms with Gasteiger partial charge < -0.3 is 9.47 Å². The van der Waals surface area contributed by atoms with Crippen molar-refractivity contribution in [1.82, 2.24) is 5.06 Å². The Kier molecular flexibility index (Phi) is 8.62. The van der Waals surface area contributed by atoms with Crippen LogP contribution in [0, 0.1) is 0 Å². The number of rotatable bonds is 8. The summed E-state index contributed by atoms with van der Waals surface area (Å²) in [7, 11) is 0. The molecule has 0 aliphatic carbocycles. The van der Waals surface area contributed by atoms with E-state index < -0.39 is 0 Å². The zero-order chi connectivity index (χ0) is 23.9. The van der Waals surface area contributed by atoms with Crippen LogP contribution >= 0.6 is 27.5 Å². The molecule has 34 heavy (non-hydrogen) atoms. The van der Waals surface area contributed by atoms with E-state index in [1.807, 2.05) is 59.7 Å². The number of hydrogen-bond acceptors (Lipinski definition) is 5. The Labute approximate surface area is 213 Å². The highest BCUT2D eigenvalue weighted by atomic mass is 79.9. The largest absolute Gasteiger partial charge is 0.466 e. The van der Waals surface area contributed by atoms with Gasteiger partial charge in [0.2, 0.25) is 0 Å². The first-order valence-corrected chi connectivity index (χ1v) is 12.5. The first-order chi connectivity index (χ1) is 16.5. The minimum absolute atomic E-state index is 0.214. The molecule has 0 spiro atoms. The Hall–Kier alpha value is -2.38. The van der Waals surface area contributed by atoms with Gasteiger partial charge >= 0.3 is 5.97 Å². The fourth-order valence-corrected chi connectivity index (χ4v) is 4.55. The van der Waals surface area contributed by atoms with Crippen LogP contribution in [0.2, 0.25) is 5.02 Å². The van der Waals surface area contributed by atoms with Crippen molar-refractivity contribution < 1.29 is 19.1 Å². The van der Waals surface area contributed by atoms with E-state index in [-0.39, 0.29) is 12.4 Å². The molecule has 1 aliphatic rings. The van der Waals surface area contributed by atoms with Gasteiger partial charge in [0.1, 0.15) is 11.5 Å². The summed E-state index contributed by atoms with van der Waals surface area (Å²) in [6.45, 7) is 4.20. The van der Waals surface area contributed by atoms with Crippen molar-refractivity contribution in [2.75, 3.05) is 19.8 Å². The predicted molar refractivity (Wildman–Crippen MR) is 136 cm³/mol. The molecule has 3 aromatic rings. The average molecular weight is 545 g/mol. The highest BCUT2D eigenvalue weighted by Crippen LogP contribution is 2.32. The molecule has 1 saturated heterocycles. The van der Waals surface area contributed by atoms with E-state index >= 15 is 0 Å². The molecule has 4 rings (SSSR count). The van der Waals surface area contributed by atoms with Crippen molar-refractivity contribution in [2.45, 2.75) is 32.2 Å². The molecule has 0 amide bonds. The second kappa shape index (κ2) is 11.8. The standard InChI is InChI=1S/C27H27BrClNO4/c1-2-32-27(31)15-19-4-3-5-25(14-19)34-26-11-8-23(28)16-22(26)18-30-17-21(12-13-33-30)20-6-9-24(29)10-7-20/h3-11,14,16,21H,2,12-13,15,17-18H2,1H3. The summed E-state index contributed by atoms with van der Waals surface area (Å²) in [5.74, 6) is 1.54. The summed E-state index contributed by atoms with van der Waals surface area (Å²) >= 11 is 9.63. The predicted octanol–water partition coefficient (Wildman–Crippen LogP) is 6.92. The van der Waals surface area contributed by atoms with Gasteiger partial charge in [0.05, 0.1) is 26.2 Å². The monoisotopic (exact) mass is 543 g/mol.